The molecule has 1 saturated heterocycles. The molecule has 108 valence electrons. The normalized spacial score (nSPS) is 19.4. The minimum atomic E-state index is 0. The van der Waals surface area contributed by atoms with Gasteiger partial charge in [0.15, 0.2) is 0 Å². The van der Waals surface area contributed by atoms with Crippen LogP contribution in [-0.2, 0) is 14.3 Å². The molecule has 0 aliphatic carbocycles. The fraction of sp³-hybridized carbons (Fsp3) is 0.917. The highest BCUT2D eigenvalue weighted by Gasteiger charge is 2.24. The summed E-state index contributed by atoms with van der Waals surface area (Å²) in [4.78, 5) is 13.9. The number of piperidine rings is 1. The van der Waals surface area contributed by atoms with E-state index in [2.05, 4.69) is 0 Å². The lowest BCUT2D eigenvalue weighted by atomic mass is 10.0. The average molecular weight is 281 g/mol. The van der Waals surface area contributed by atoms with Gasteiger partial charge in [-0.3, -0.25) is 4.79 Å². The smallest absolute Gasteiger partial charge is 0.225 e. The van der Waals surface area contributed by atoms with Crippen molar-refractivity contribution in [1.82, 2.24) is 4.90 Å². The van der Waals surface area contributed by atoms with E-state index < -0.39 is 0 Å². The van der Waals surface area contributed by atoms with Crippen LogP contribution in [0.1, 0.15) is 25.7 Å². The molecule has 1 atom stereocenters. The SMILES string of the molecule is COCCOCCC(=O)N1CCCCC1CN.Cl. The summed E-state index contributed by atoms with van der Waals surface area (Å²) in [5, 5.41) is 0. The molecule has 6 heteroatoms. The number of ether oxygens (including phenoxy) is 2. The van der Waals surface area contributed by atoms with E-state index in [1.165, 1.54) is 6.42 Å². The number of halogens is 1. The van der Waals surface area contributed by atoms with E-state index in [-0.39, 0.29) is 24.4 Å². The van der Waals surface area contributed by atoms with Crippen LogP contribution in [0, 0.1) is 0 Å². The standard InChI is InChI=1S/C12H24N2O3.ClH/c1-16-8-9-17-7-5-12(15)14-6-3-2-4-11(14)10-13;/h11H,2-10,13H2,1H3;1H. The van der Waals surface area contributed by atoms with E-state index in [4.69, 9.17) is 15.2 Å². The Bertz CT molecular complexity index is 229. The zero-order chi connectivity index (χ0) is 12.5. The summed E-state index contributed by atoms with van der Waals surface area (Å²) in [5.41, 5.74) is 5.68. The van der Waals surface area contributed by atoms with Gasteiger partial charge >= 0.3 is 0 Å². The Morgan fingerprint density at radius 1 is 1.33 bits per heavy atom. The second-order valence-corrected chi connectivity index (χ2v) is 4.33. The van der Waals surface area contributed by atoms with Gasteiger partial charge < -0.3 is 20.1 Å². The van der Waals surface area contributed by atoms with Crippen LogP contribution in [0.15, 0.2) is 0 Å². The predicted molar refractivity (Wildman–Crippen MR) is 73.0 cm³/mol. The molecule has 0 aromatic heterocycles. The molecule has 1 amide bonds. The van der Waals surface area contributed by atoms with E-state index >= 15 is 0 Å². The Kier molecular flexibility index (Phi) is 10.3. The lowest BCUT2D eigenvalue weighted by Crippen LogP contribution is -2.47. The maximum absolute atomic E-state index is 12.0. The van der Waals surface area contributed by atoms with Crippen molar-refractivity contribution in [3.05, 3.63) is 0 Å². The van der Waals surface area contributed by atoms with Crippen LogP contribution in [0.5, 0.6) is 0 Å². The Morgan fingerprint density at radius 3 is 2.78 bits per heavy atom. The first kappa shape index (κ1) is 17.6. The summed E-state index contributed by atoms with van der Waals surface area (Å²) >= 11 is 0. The molecule has 1 unspecified atom stereocenters. The highest BCUT2D eigenvalue weighted by Crippen LogP contribution is 2.16. The van der Waals surface area contributed by atoms with Crippen molar-refractivity contribution in [3.63, 3.8) is 0 Å². The monoisotopic (exact) mass is 280 g/mol. The maximum Gasteiger partial charge on any atom is 0.225 e. The van der Waals surface area contributed by atoms with Crippen molar-refractivity contribution in [1.29, 1.82) is 0 Å². The summed E-state index contributed by atoms with van der Waals surface area (Å²) in [6.07, 6.45) is 3.75. The number of nitrogens with two attached hydrogens (primary N) is 1. The number of nitrogens with zero attached hydrogens (tertiary/aromatic N) is 1. The topological polar surface area (TPSA) is 64.8 Å². The molecule has 5 nitrogen and oxygen atoms in total. The number of rotatable bonds is 7. The molecule has 1 aliphatic rings. The van der Waals surface area contributed by atoms with Crippen LogP contribution in [0.25, 0.3) is 0 Å². The van der Waals surface area contributed by atoms with Crippen LogP contribution in [0.3, 0.4) is 0 Å². The second kappa shape index (κ2) is 10.6. The number of carbonyl (C=O) groups excluding carboxylic acids is 1. The largest absolute Gasteiger partial charge is 0.382 e. The van der Waals surface area contributed by atoms with Crippen LogP contribution < -0.4 is 5.73 Å². The van der Waals surface area contributed by atoms with Gasteiger partial charge in [0, 0.05) is 26.2 Å². The zero-order valence-corrected chi connectivity index (χ0v) is 11.9. The molecule has 1 rings (SSSR count). The van der Waals surface area contributed by atoms with Crippen molar-refractivity contribution in [2.24, 2.45) is 5.73 Å². The molecular formula is C12H25ClN2O3. The summed E-state index contributed by atoms with van der Waals surface area (Å²) in [7, 11) is 1.63. The lowest BCUT2D eigenvalue weighted by Gasteiger charge is -2.35. The average Bonchev–Trinajstić information content (AvgIpc) is 2.38. The van der Waals surface area contributed by atoms with Crippen LogP contribution in [0.2, 0.25) is 0 Å². The first-order chi connectivity index (χ1) is 8.29. The highest BCUT2D eigenvalue weighted by atomic mass is 35.5. The molecular weight excluding hydrogens is 256 g/mol. The summed E-state index contributed by atoms with van der Waals surface area (Å²) in [6.45, 7) is 3.00. The maximum atomic E-state index is 12.0. The summed E-state index contributed by atoms with van der Waals surface area (Å²) in [6, 6.07) is 0.232. The molecule has 1 heterocycles. The Labute approximate surface area is 115 Å². The first-order valence-electron chi connectivity index (χ1n) is 6.35. The van der Waals surface area contributed by atoms with Crippen LogP contribution >= 0.6 is 12.4 Å². The van der Waals surface area contributed by atoms with E-state index in [0.717, 1.165) is 19.4 Å². The minimum Gasteiger partial charge on any atom is -0.382 e. The van der Waals surface area contributed by atoms with Crippen molar-refractivity contribution in [2.45, 2.75) is 31.7 Å². The van der Waals surface area contributed by atoms with Gasteiger partial charge in [-0.05, 0) is 19.3 Å². The van der Waals surface area contributed by atoms with Crippen molar-refractivity contribution in [3.8, 4) is 0 Å². The van der Waals surface area contributed by atoms with E-state index in [0.29, 0.717) is 32.8 Å². The molecule has 18 heavy (non-hydrogen) atoms. The second-order valence-electron chi connectivity index (χ2n) is 4.33. The van der Waals surface area contributed by atoms with E-state index in [1.54, 1.807) is 7.11 Å². The third-order valence-corrected chi connectivity index (χ3v) is 3.11. The van der Waals surface area contributed by atoms with Crippen molar-refractivity contribution in [2.75, 3.05) is 40.0 Å². The van der Waals surface area contributed by atoms with Gasteiger partial charge in [-0.2, -0.15) is 0 Å². The predicted octanol–water partition coefficient (Wildman–Crippen LogP) is 0.801. The molecule has 1 aliphatic heterocycles. The number of hydrogen-bond donors (Lipinski definition) is 1. The van der Waals surface area contributed by atoms with Gasteiger partial charge in [-0.15, -0.1) is 12.4 Å². The van der Waals surface area contributed by atoms with Crippen molar-refractivity contribution < 1.29 is 14.3 Å². The highest BCUT2D eigenvalue weighted by molar-refractivity contribution is 5.85. The fourth-order valence-electron chi connectivity index (χ4n) is 2.12. The minimum absolute atomic E-state index is 0. The van der Waals surface area contributed by atoms with E-state index in [1.807, 2.05) is 4.90 Å². The molecule has 0 saturated carbocycles. The van der Waals surface area contributed by atoms with Gasteiger partial charge in [-0.1, -0.05) is 0 Å². The Morgan fingerprint density at radius 2 is 2.11 bits per heavy atom. The molecule has 0 aromatic carbocycles. The van der Waals surface area contributed by atoms with Crippen molar-refractivity contribution >= 4 is 18.3 Å². The lowest BCUT2D eigenvalue weighted by molar-refractivity contribution is -0.135. The summed E-state index contributed by atoms with van der Waals surface area (Å²) in [5.74, 6) is 0.164. The van der Waals surface area contributed by atoms with Gasteiger partial charge in [0.25, 0.3) is 0 Å². The third-order valence-electron chi connectivity index (χ3n) is 3.11. The number of carbonyl (C=O) groups is 1. The molecule has 0 spiro atoms. The van der Waals surface area contributed by atoms with Gasteiger partial charge in [-0.25, -0.2) is 0 Å². The Hall–Kier alpha value is -0.360. The Balaban J connectivity index is 0.00000289. The third kappa shape index (κ3) is 6.00. The van der Waals surface area contributed by atoms with E-state index in [9.17, 15) is 4.79 Å². The van der Waals surface area contributed by atoms with Crippen LogP contribution in [0.4, 0.5) is 0 Å². The first-order valence-corrected chi connectivity index (χ1v) is 6.35. The quantitative estimate of drug-likeness (QED) is 0.701. The van der Waals surface area contributed by atoms with Crippen LogP contribution in [-0.4, -0.2) is 56.9 Å². The number of likely N-dealkylation sites (tertiary alicyclic amines) is 1. The number of amides is 1. The van der Waals surface area contributed by atoms with Gasteiger partial charge in [0.2, 0.25) is 5.91 Å². The fourth-order valence-corrected chi connectivity index (χ4v) is 2.12. The molecule has 0 aromatic rings. The molecule has 0 bridgehead atoms. The number of methoxy groups -OCH3 is 1. The van der Waals surface area contributed by atoms with Gasteiger partial charge in [0.05, 0.1) is 26.2 Å². The number of hydrogen-bond acceptors (Lipinski definition) is 4. The molecule has 1 fully saturated rings. The van der Waals surface area contributed by atoms with Gasteiger partial charge in [0.1, 0.15) is 0 Å². The molecule has 0 radical (unpaired) electrons. The zero-order valence-electron chi connectivity index (χ0n) is 11.1. The summed E-state index contributed by atoms with van der Waals surface area (Å²) < 4.78 is 10.2. The molecule has 2 N–H and O–H groups in total.